The standard InChI is InChI=1S/C27H29ClN4O5/c1-16(2)25(29)26(33)37-17(3)14-36-22-11-9-20(13-23(22)35-4)31-15-30-24-12-10-21(32(24)27(31)34)18-5-7-19(28)8-6-18/h5-13,15-17,25H,14,29H2,1-4H3/t17-,25?/m1/s1. The molecule has 2 heterocycles. The summed E-state index contributed by atoms with van der Waals surface area (Å²) in [5.41, 5.74) is 8.16. The lowest BCUT2D eigenvalue weighted by Gasteiger charge is -2.20. The molecule has 2 aromatic carbocycles. The van der Waals surface area contributed by atoms with Gasteiger partial charge in [0.2, 0.25) is 0 Å². The van der Waals surface area contributed by atoms with Gasteiger partial charge in [0.15, 0.2) is 11.5 Å². The van der Waals surface area contributed by atoms with E-state index < -0.39 is 18.1 Å². The van der Waals surface area contributed by atoms with Crippen molar-refractivity contribution in [3.05, 3.63) is 76.4 Å². The van der Waals surface area contributed by atoms with Crippen LogP contribution in [-0.4, -0.2) is 45.8 Å². The molecule has 10 heteroatoms. The number of fused-ring (bicyclic) bond motifs is 1. The summed E-state index contributed by atoms with van der Waals surface area (Å²) in [5.74, 6) is 0.345. The molecule has 0 saturated heterocycles. The fraction of sp³-hybridized carbons (Fsp3) is 0.296. The van der Waals surface area contributed by atoms with Gasteiger partial charge in [-0.1, -0.05) is 37.6 Å². The van der Waals surface area contributed by atoms with Crippen LogP contribution in [0.3, 0.4) is 0 Å². The zero-order valence-corrected chi connectivity index (χ0v) is 21.8. The van der Waals surface area contributed by atoms with Crippen molar-refractivity contribution in [3.8, 4) is 28.4 Å². The second-order valence-electron chi connectivity index (χ2n) is 8.98. The van der Waals surface area contributed by atoms with E-state index in [0.29, 0.717) is 33.6 Å². The number of carbonyl (C=O) groups is 1. The van der Waals surface area contributed by atoms with Crippen LogP contribution in [0.1, 0.15) is 20.8 Å². The van der Waals surface area contributed by atoms with E-state index in [9.17, 15) is 9.59 Å². The van der Waals surface area contributed by atoms with E-state index in [0.717, 1.165) is 5.56 Å². The maximum absolute atomic E-state index is 13.5. The van der Waals surface area contributed by atoms with E-state index in [2.05, 4.69) is 4.98 Å². The predicted octanol–water partition coefficient (Wildman–Crippen LogP) is 4.11. The molecule has 0 aliphatic carbocycles. The zero-order chi connectivity index (χ0) is 26.7. The fourth-order valence-corrected chi connectivity index (χ4v) is 3.87. The first-order valence-electron chi connectivity index (χ1n) is 11.8. The molecule has 37 heavy (non-hydrogen) atoms. The molecule has 0 amide bonds. The van der Waals surface area contributed by atoms with Crippen LogP contribution in [0.25, 0.3) is 22.6 Å². The molecule has 1 unspecified atom stereocenters. The van der Waals surface area contributed by atoms with Crippen molar-refractivity contribution in [1.82, 2.24) is 14.0 Å². The van der Waals surface area contributed by atoms with E-state index >= 15 is 0 Å². The molecule has 0 saturated carbocycles. The van der Waals surface area contributed by atoms with Crippen molar-refractivity contribution < 1.29 is 19.0 Å². The third-order valence-electron chi connectivity index (χ3n) is 5.91. The third kappa shape index (κ3) is 5.63. The van der Waals surface area contributed by atoms with Crippen LogP contribution in [0.15, 0.2) is 65.7 Å². The van der Waals surface area contributed by atoms with Gasteiger partial charge in [-0.15, -0.1) is 0 Å². The molecule has 2 N–H and O–H groups in total. The SMILES string of the molecule is COc1cc(-n2cnc3ccc(-c4ccc(Cl)cc4)n3c2=O)ccc1OC[C@@H](C)OC(=O)C(N)C(C)C. The van der Waals surface area contributed by atoms with Crippen molar-refractivity contribution in [3.63, 3.8) is 0 Å². The quantitative estimate of drug-likeness (QED) is 0.328. The minimum Gasteiger partial charge on any atom is -0.493 e. The largest absolute Gasteiger partial charge is 0.493 e. The molecule has 194 valence electrons. The Balaban J connectivity index is 1.58. The van der Waals surface area contributed by atoms with Crippen molar-refractivity contribution in [2.75, 3.05) is 13.7 Å². The molecule has 2 aromatic heterocycles. The van der Waals surface area contributed by atoms with Gasteiger partial charge in [0.25, 0.3) is 0 Å². The van der Waals surface area contributed by atoms with Gasteiger partial charge in [-0.3, -0.25) is 9.36 Å². The highest BCUT2D eigenvalue weighted by molar-refractivity contribution is 6.30. The molecule has 4 rings (SSSR count). The van der Waals surface area contributed by atoms with Crippen LogP contribution in [0.2, 0.25) is 5.02 Å². The second kappa shape index (κ2) is 11.1. The summed E-state index contributed by atoms with van der Waals surface area (Å²) < 4.78 is 19.7. The molecule has 2 atom stereocenters. The Morgan fingerprint density at radius 1 is 1.05 bits per heavy atom. The van der Waals surface area contributed by atoms with Crippen LogP contribution in [0.5, 0.6) is 11.5 Å². The smallest absolute Gasteiger partial charge is 0.340 e. The van der Waals surface area contributed by atoms with Gasteiger partial charge >= 0.3 is 11.7 Å². The van der Waals surface area contributed by atoms with Gasteiger partial charge in [-0.05, 0) is 54.8 Å². The van der Waals surface area contributed by atoms with E-state index in [4.69, 9.17) is 31.5 Å². The number of nitrogens with two attached hydrogens (primary N) is 1. The number of hydrogen-bond donors (Lipinski definition) is 1. The number of esters is 1. The second-order valence-corrected chi connectivity index (χ2v) is 9.42. The first kappa shape index (κ1) is 26.2. The van der Waals surface area contributed by atoms with E-state index in [-0.39, 0.29) is 18.2 Å². The number of nitrogens with zero attached hydrogens (tertiary/aromatic N) is 3. The monoisotopic (exact) mass is 524 g/mol. The van der Waals surface area contributed by atoms with Crippen molar-refractivity contribution >= 4 is 23.2 Å². The summed E-state index contributed by atoms with van der Waals surface area (Å²) in [7, 11) is 1.51. The Bertz CT molecular complexity index is 1460. The van der Waals surface area contributed by atoms with Gasteiger partial charge in [0.1, 0.15) is 30.7 Å². The molecule has 0 bridgehead atoms. The number of carbonyl (C=O) groups excluding carboxylic acids is 1. The first-order valence-corrected chi connectivity index (χ1v) is 12.2. The van der Waals surface area contributed by atoms with Gasteiger partial charge < -0.3 is 19.9 Å². The Hall–Kier alpha value is -3.82. The Kier molecular flexibility index (Phi) is 7.85. The number of hydrogen-bond acceptors (Lipinski definition) is 7. The molecular weight excluding hydrogens is 496 g/mol. The van der Waals surface area contributed by atoms with Gasteiger partial charge in [0.05, 0.1) is 18.5 Å². The lowest BCUT2D eigenvalue weighted by molar-refractivity contribution is -0.152. The Morgan fingerprint density at radius 3 is 2.46 bits per heavy atom. The maximum atomic E-state index is 13.5. The molecular formula is C27H29ClN4O5. The van der Waals surface area contributed by atoms with Crippen molar-refractivity contribution in [2.45, 2.75) is 32.9 Å². The van der Waals surface area contributed by atoms with Crippen molar-refractivity contribution in [1.29, 1.82) is 0 Å². The number of methoxy groups -OCH3 is 1. The Labute approximate surface area is 219 Å². The number of benzene rings is 2. The summed E-state index contributed by atoms with van der Waals surface area (Å²) in [5, 5.41) is 0.612. The van der Waals surface area contributed by atoms with E-state index in [1.165, 1.54) is 22.4 Å². The number of ether oxygens (including phenoxy) is 3. The van der Waals surface area contributed by atoms with Crippen LogP contribution in [0.4, 0.5) is 0 Å². The minimum absolute atomic E-state index is 0.0285. The zero-order valence-electron chi connectivity index (χ0n) is 21.1. The Morgan fingerprint density at radius 2 is 1.78 bits per heavy atom. The normalized spacial score (nSPS) is 12.9. The van der Waals surface area contributed by atoms with Crippen LogP contribution in [0, 0.1) is 5.92 Å². The fourth-order valence-electron chi connectivity index (χ4n) is 3.74. The van der Waals surface area contributed by atoms with E-state index in [1.807, 2.05) is 32.0 Å². The molecule has 0 aliphatic rings. The molecule has 4 aromatic rings. The highest BCUT2D eigenvalue weighted by Crippen LogP contribution is 2.30. The molecule has 0 spiro atoms. The topological polar surface area (TPSA) is 110 Å². The predicted molar refractivity (Wildman–Crippen MR) is 142 cm³/mol. The number of halogens is 1. The number of aromatic nitrogens is 3. The summed E-state index contributed by atoms with van der Waals surface area (Å²) in [4.78, 5) is 30.0. The first-order chi connectivity index (χ1) is 17.7. The van der Waals surface area contributed by atoms with Crippen molar-refractivity contribution in [2.24, 2.45) is 11.7 Å². The van der Waals surface area contributed by atoms with Gasteiger partial charge in [0, 0.05) is 11.1 Å². The lowest BCUT2D eigenvalue weighted by Crippen LogP contribution is -2.39. The lowest BCUT2D eigenvalue weighted by atomic mass is 10.1. The summed E-state index contributed by atoms with van der Waals surface area (Å²) in [6, 6.07) is 15.3. The van der Waals surface area contributed by atoms with Crippen LogP contribution >= 0.6 is 11.6 Å². The summed E-state index contributed by atoms with van der Waals surface area (Å²) in [6.45, 7) is 5.54. The maximum Gasteiger partial charge on any atom is 0.340 e. The number of rotatable bonds is 9. The average Bonchev–Trinajstić information content (AvgIpc) is 3.32. The molecule has 0 radical (unpaired) electrons. The molecule has 0 fully saturated rings. The van der Waals surface area contributed by atoms with Crippen LogP contribution < -0.4 is 20.9 Å². The van der Waals surface area contributed by atoms with Crippen LogP contribution in [-0.2, 0) is 9.53 Å². The highest BCUT2D eigenvalue weighted by Gasteiger charge is 2.21. The highest BCUT2D eigenvalue weighted by atomic mass is 35.5. The summed E-state index contributed by atoms with van der Waals surface area (Å²) >= 11 is 6.02. The minimum atomic E-state index is -0.693. The van der Waals surface area contributed by atoms with Gasteiger partial charge in [-0.2, -0.15) is 0 Å². The van der Waals surface area contributed by atoms with Gasteiger partial charge in [-0.25, -0.2) is 14.2 Å². The van der Waals surface area contributed by atoms with E-state index in [1.54, 1.807) is 43.3 Å². The third-order valence-corrected chi connectivity index (χ3v) is 6.16. The average molecular weight is 525 g/mol. The summed E-state index contributed by atoms with van der Waals surface area (Å²) in [6.07, 6.45) is 0.953. The molecule has 0 aliphatic heterocycles. The molecule has 9 nitrogen and oxygen atoms in total.